The zero-order valence-electron chi connectivity index (χ0n) is 21.6. The van der Waals surface area contributed by atoms with Crippen LogP contribution in [0.4, 0.5) is 5.95 Å². The number of piperidine rings is 1. The fraction of sp³-hybridized carbons (Fsp3) is 0.440. The van der Waals surface area contributed by atoms with Gasteiger partial charge in [-0.25, -0.2) is 18.5 Å². The van der Waals surface area contributed by atoms with Crippen molar-refractivity contribution in [2.75, 3.05) is 39.3 Å². The molecule has 0 amide bonds. The Kier molecular flexibility index (Phi) is 7.62. The van der Waals surface area contributed by atoms with Gasteiger partial charge in [0.2, 0.25) is 21.7 Å². The summed E-state index contributed by atoms with van der Waals surface area (Å²) < 4.78 is 46.5. The van der Waals surface area contributed by atoms with E-state index in [9.17, 15) is 13.2 Å². The lowest BCUT2D eigenvalue weighted by atomic mass is 10.0. The number of nitrogens with two attached hydrogens (primary N) is 1. The lowest BCUT2D eigenvalue weighted by molar-refractivity contribution is 0.0236. The molecule has 11 nitrogen and oxygen atoms in total. The SMILES string of the molecule is COc1cc2nc(N3CCC(OCc4c(S(N)(=O)=O)ccc(C)c4C)CC3)[nH]c(=O)c2c(OC)c1OC. The van der Waals surface area contributed by atoms with Crippen molar-refractivity contribution < 1.29 is 27.4 Å². The van der Waals surface area contributed by atoms with E-state index in [0.29, 0.717) is 54.5 Å². The molecular formula is C25H32N4O7S. The number of nitrogens with zero attached hydrogens (tertiary/aromatic N) is 2. The highest BCUT2D eigenvalue weighted by Gasteiger charge is 2.25. The Balaban J connectivity index is 1.51. The van der Waals surface area contributed by atoms with Gasteiger partial charge in [-0.3, -0.25) is 9.78 Å². The number of anilines is 1. The first-order chi connectivity index (χ1) is 17.6. The van der Waals surface area contributed by atoms with E-state index in [1.807, 2.05) is 18.7 Å². The second kappa shape index (κ2) is 10.6. The Labute approximate surface area is 215 Å². The van der Waals surface area contributed by atoms with E-state index in [-0.39, 0.29) is 34.3 Å². The normalized spacial score (nSPS) is 14.7. The van der Waals surface area contributed by atoms with E-state index in [1.165, 1.54) is 27.4 Å². The van der Waals surface area contributed by atoms with Crippen LogP contribution in [0.5, 0.6) is 17.2 Å². The van der Waals surface area contributed by atoms with E-state index >= 15 is 0 Å². The number of methoxy groups -OCH3 is 3. The van der Waals surface area contributed by atoms with Crippen LogP contribution >= 0.6 is 0 Å². The van der Waals surface area contributed by atoms with Crippen LogP contribution in [-0.2, 0) is 21.4 Å². The third-order valence-corrected chi connectivity index (χ3v) is 7.82. The molecule has 2 aromatic carbocycles. The van der Waals surface area contributed by atoms with Gasteiger partial charge in [-0.2, -0.15) is 0 Å². The average molecular weight is 533 g/mol. The second-order valence-corrected chi connectivity index (χ2v) is 10.5. The van der Waals surface area contributed by atoms with Crippen LogP contribution in [0.15, 0.2) is 27.9 Å². The number of H-pyrrole nitrogens is 1. The fourth-order valence-corrected chi connectivity index (χ4v) is 5.45. The number of aromatic amines is 1. The zero-order chi connectivity index (χ0) is 26.9. The number of aromatic nitrogens is 2. The molecule has 4 rings (SSSR count). The van der Waals surface area contributed by atoms with Crippen molar-refractivity contribution in [3.05, 3.63) is 45.2 Å². The van der Waals surface area contributed by atoms with E-state index < -0.39 is 10.0 Å². The van der Waals surface area contributed by atoms with Crippen LogP contribution in [0.1, 0.15) is 29.5 Å². The molecule has 1 saturated heterocycles. The largest absolute Gasteiger partial charge is 0.493 e. The summed E-state index contributed by atoms with van der Waals surface area (Å²) in [5.41, 5.74) is 2.49. The summed E-state index contributed by atoms with van der Waals surface area (Å²) in [7, 11) is 0.577. The van der Waals surface area contributed by atoms with Crippen molar-refractivity contribution in [3.63, 3.8) is 0 Å². The smallest absolute Gasteiger partial charge is 0.264 e. The van der Waals surface area contributed by atoms with Crippen LogP contribution in [0.25, 0.3) is 10.9 Å². The lowest BCUT2D eigenvalue weighted by Gasteiger charge is -2.32. The van der Waals surface area contributed by atoms with Crippen molar-refractivity contribution in [1.82, 2.24) is 9.97 Å². The molecule has 0 radical (unpaired) electrons. The fourth-order valence-electron chi connectivity index (χ4n) is 4.64. The van der Waals surface area contributed by atoms with Crippen LogP contribution in [0, 0.1) is 13.8 Å². The van der Waals surface area contributed by atoms with Gasteiger partial charge in [0.05, 0.1) is 44.5 Å². The van der Waals surface area contributed by atoms with Crippen molar-refractivity contribution in [1.29, 1.82) is 0 Å². The van der Waals surface area contributed by atoms with Crippen LogP contribution in [-0.4, -0.2) is 58.9 Å². The Morgan fingerprint density at radius 2 is 1.76 bits per heavy atom. The topological polar surface area (TPSA) is 146 Å². The van der Waals surface area contributed by atoms with Gasteiger partial charge in [0.15, 0.2) is 11.5 Å². The maximum absolute atomic E-state index is 13.0. The number of fused-ring (bicyclic) bond motifs is 1. The molecule has 0 unspecified atom stereocenters. The molecule has 0 spiro atoms. The predicted octanol–water partition coefficient (Wildman–Crippen LogP) is 2.40. The Morgan fingerprint density at radius 1 is 1.08 bits per heavy atom. The molecule has 1 aliphatic rings. The van der Waals surface area contributed by atoms with Crippen LogP contribution < -0.4 is 29.8 Å². The first kappa shape index (κ1) is 26.7. The number of aryl methyl sites for hydroxylation is 1. The van der Waals surface area contributed by atoms with Crippen molar-refractivity contribution >= 4 is 26.9 Å². The minimum atomic E-state index is -3.86. The number of nitrogens with one attached hydrogen (secondary N) is 1. The predicted molar refractivity (Wildman–Crippen MR) is 139 cm³/mol. The Hall–Kier alpha value is -3.35. The molecule has 0 bridgehead atoms. The van der Waals surface area contributed by atoms with Crippen molar-refractivity contribution in [2.24, 2.45) is 5.14 Å². The standard InChI is InChI=1S/C25H32N4O7S/c1-14-6-7-20(37(26,31)32)17(15(14)2)13-36-16-8-10-29(11-9-16)25-27-18-12-19(33-3)22(34-4)23(35-5)21(18)24(30)28-25/h6-7,12,16H,8-11,13H2,1-5H3,(H2,26,31,32)(H,27,28,30). The monoisotopic (exact) mass is 532 g/mol. The van der Waals surface area contributed by atoms with Gasteiger partial charge in [0.1, 0.15) is 5.39 Å². The number of hydrogen-bond donors (Lipinski definition) is 2. The molecule has 0 aliphatic carbocycles. The Morgan fingerprint density at radius 3 is 2.35 bits per heavy atom. The van der Waals surface area contributed by atoms with Crippen molar-refractivity contribution in [3.8, 4) is 17.2 Å². The number of hydrogen-bond acceptors (Lipinski definition) is 9. The second-order valence-electron chi connectivity index (χ2n) is 8.96. The molecular weight excluding hydrogens is 500 g/mol. The minimum Gasteiger partial charge on any atom is -0.493 e. The summed E-state index contributed by atoms with van der Waals surface area (Å²) in [4.78, 5) is 22.6. The summed E-state index contributed by atoms with van der Waals surface area (Å²) in [6, 6.07) is 4.93. The molecule has 0 atom stereocenters. The molecule has 200 valence electrons. The van der Waals surface area contributed by atoms with Gasteiger partial charge in [-0.15, -0.1) is 0 Å². The van der Waals surface area contributed by atoms with E-state index in [0.717, 1.165) is 11.1 Å². The highest BCUT2D eigenvalue weighted by atomic mass is 32.2. The number of primary sulfonamides is 1. The summed E-state index contributed by atoms with van der Waals surface area (Å²) in [5, 5.41) is 5.70. The van der Waals surface area contributed by atoms with Crippen LogP contribution in [0.3, 0.4) is 0 Å². The zero-order valence-corrected chi connectivity index (χ0v) is 22.4. The maximum Gasteiger partial charge on any atom is 0.264 e. The van der Waals surface area contributed by atoms with Gasteiger partial charge < -0.3 is 23.8 Å². The Bertz CT molecular complexity index is 1480. The highest BCUT2D eigenvalue weighted by Crippen LogP contribution is 2.41. The molecule has 1 fully saturated rings. The first-order valence-corrected chi connectivity index (χ1v) is 13.3. The molecule has 3 aromatic rings. The van der Waals surface area contributed by atoms with Gasteiger partial charge >= 0.3 is 0 Å². The quantitative estimate of drug-likeness (QED) is 0.446. The summed E-state index contributed by atoms with van der Waals surface area (Å²) >= 11 is 0. The van der Waals surface area contributed by atoms with Crippen LogP contribution in [0.2, 0.25) is 0 Å². The van der Waals surface area contributed by atoms with E-state index in [2.05, 4.69) is 9.97 Å². The van der Waals surface area contributed by atoms with Gasteiger partial charge in [0, 0.05) is 24.7 Å². The number of benzene rings is 2. The maximum atomic E-state index is 13.0. The van der Waals surface area contributed by atoms with Gasteiger partial charge in [0.25, 0.3) is 5.56 Å². The number of sulfonamides is 1. The van der Waals surface area contributed by atoms with Crippen molar-refractivity contribution in [2.45, 2.75) is 44.3 Å². The van der Waals surface area contributed by atoms with Gasteiger partial charge in [-0.05, 0) is 43.9 Å². The molecule has 0 saturated carbocycles. The molecule has 1 aromatic heterocycles. The highest BCUT2D eigenvalue weighted by molar-refractivity contribution is 7.89. The average Bonchev–Trinajstić information content (AvgIpc) is 2.87. The third-order valence-electron chi connectivity index (χ3n) is 6.83. The molecule has 1 aliphatic heterocycles. The minimum absolute atomic E-state index is 0.0823. The number of ether oxygens (including phenoxy) is 4. The van der Waals surface area contributed by atoms with E-state index in [4.69, 9.17) is 24.1 Å². The molecule has 12 heteroatoms. The summed E-state index contributed by atoms with van der Waals surface area (Å²) in [6.07, 6.45) is 1.26. The lowest BCUT2D eigenvalue weighted by Crippen LogP contribution is -2.38. The third kappa shape index (κ3) is 5.22. The molecule has 37 heavy (non-hydrogen) atoms. The first-order valence-electron chi connectivity index (χ1n) is 11.8. The summed E-state index contributed by atoms with van der Waals surface area (Å²) in [6.45, 7) is 5.13. The molecule has 3 N–H and O–H groups in total. The number of rotatable bonds is 8. The van der Waals surface area contributed by atoms with Gasteiger partial charge in [-0.1, -0.05) is 6.07 Å². The summed E-state index contributed by atoms with van der Waals surface area (Å²) in [5.74, 6) is 1.43. The molecule has 2 heterocycles. The van der Waals surface area contributed by atoms with E-state index in [1.54, 1.807) is 12.1 Å².